The van der Waals surface area contributed by atoms with Crippen LogP contribution in [0.15, 0.2) is 18.2 Å². The van der Waals surface area contributed by atoms with Crippen molar-refractivity contribution in [1.29, 1.82) is 0 Å². The molecule has 2 aliphatic heterocycles. The van der Waals surface area contributed by atoms with E-state index in [-0.39, 0.29) is 60.6 Å². The number of aromatic nitrogens is 2. The summed E-state index contributed by atoms with van der Waals surface area (Å²) in [6.07, 6.45) is -2.07. The number of ether oxygens (including phenoxy) is 2. The van der Waals surface area contributed by atoms with E-state index >= 15 is 0 Å². The molecule has 1 atom stereocenters. The number of hydrogen-bond acceptors (Lipinski definition) is 11. The lowest BCUT2D eigenvalue weighted by molar-refractivity contribution is -0.274. The lowest BCUT2D eigenvalue weighted by Crippen LogP contribution is -2.58. The molecule has 1 aromatic carbocycles. The Hall–Kier alpha value is -3.11. The molecule has 3 heterocycles. The van der Waals surface area contributed by atoms with Crippen molar-refractivity contribution in [2.24, 2.45) is 0 Å². The topological polar surface area (TPSA) is 150 Å². The molecule has 4 rings (SSSR count). The van der Waals surface area contributed by atoms with Crippen LogP contribution < -0.4 is 25.4 Å². The van der Waals surface area contributed by atoms with Crippen LogP contribution in [0.4, 0.5) is 24.8 Å². The first-order valence-corrected chi connectivity index (χ1v) is 15.0. The molecule has 44 heavy (non-hydrogen) atoms. The minimum absolute atomic E-state index is 0.0323. The highest BCUT2D eigenvalue weighted by atomic mass is 35.5. The molecular formula is C28H39ClF3N7O5. The highest BCUT2D eigenvalue weighted by molar-refractivity contribution is 6.32. The van der Waals surface area contributed by atoms with E-state index in [0.717, 1.165) is 44.5 Å². The largest absolute Gasteiger partial charge is 0.573 e. The van der Waals surface area contributed by atoms with Crippen LogP contribution in [0.5, 0.6) is 11.5 Å². The predicted octanol–water partition coefficient (Wildman–Crippen LogP) is 2.27. The summed E-state index contributed by atoms with van der Waals surface area (Å²) in [6.45, 7) is 5.87. The molecule has 0 radical (unpaired) electrons. The summed E-state index contributed by atoms with van der Waals surface area (Å²) in [5.41, 5.74) is 6.69. The number of piperazine rings is 1. The quantitative estimate of drug-likeness (QED) is 0.269. The molecule has 2 aromatic rings. The van der Waals surface area contributed by atoms with Gasteiger partial charge in [-0.15, -0.1) is 13.2 Å². The fraction of sp³-hybridized carbons (Fsp3) is 0.607. The summed E-state index contributed by atoms with van der Waals surface area (Å²) in [7, 11) is 0. The van der Waals surface area contributed by atoms with Crippen molar-refractivity contribution >= 4 is 29.1 Å². The lowest BCUT2D eigenvalue weighted by Gasteiger charge is -2.47. The van der Waals surface area contributed by atoms with Gasteiger partial charge in [0, 0.05) is 56.4 Å². The van der Waals surface area contributed by atoms with Gasteiger partial charge in [0.2, 0.25) is 0 Å². The third-order valence-electron chi connectivity index (χ3n) is 7.82. The zero-order chi connectivity index (χ0) is 31.9. The van der Waals surface area contributed by atoms with Crippen molar-refractivity contribution in [3.05, 3.63) is 34.6 Å². The molecule has 0 aliphatic carbocycles. The Balaban J connectivity index is 1.36. The SMILES string of the molecule is CC[C@H]1CN(c2nc(N)c(C(=O)NCCO)nc2Cl)CCN1C1CCN(Cc2ccc(OC(F)(F)F)cc2OCCO)CC1. The maximum atomic E-state index is 12.7. The summed E-state index contributed by atoms with van der Waals surface area (Å²) < 4.78 is 47.7. The summed E-state index contributed by atoms with van der Waals surface area (Å²) >= 11 is 6.45. The number of piperidine rings is 1. The molecule has 1 aromatic heterocycles. The number of nitrogens with one attached hydrogen (secondary N) is 1. The molecule has 0 saturated carbocycles. The number of halogens is 4. The maximum absolute atomic E-state index is 12.7. The number of nitrogen functional groups attached to an aromatic ring is 1. The van der Waals surface area contributed by atoms with Gasteiger partial charge in [0.1, 0.15) is 18.1 Å². The van der Waals surface area contributed by atoms with Crippen molar-refractivity contribution < 1.29 is 37.7 Å². The van der Waals surface area contributed by atoms with Crippen LogP contribution in [0.25, 0.3) is 0 Å². The molecule has 0 spiro atoms. The number of hydrogen-bond donors (Lipinski definition) is 4. The van der Waals surface area contributed by atoms with Gasteiger partial charge in [0.25, 0.3) is 5.91 Å². The minimum atomic E-state index is -4.81. The molecule has 2 saturated heterocycles. The van der Waals surface area contributed by atoms with Gasteiger partial charge in [-0.2, -0.15) is 0 Å². The van der Waals surface area contributed by atoms with Crippen LogP contribution in [-0.2, 0) is 6.54 Å². The smallest absolute Gasteiger partial charge is 0.491 e. The average molecular weight is 646 g/mol. The second-order valence-corrected chi connectivity index (χ2v) is 11.1. The Bertz CT molecular complexity index is 1270. The normalized spacial score (nSPS) is 18.8. The molecule has 0 unspecified atom stereocenters. The van der Waals surface area contributed by atoms with Crippen molar-refractivity contribution in [2.75, 3.05) is 69.7 Å². The average Bonchev–Trinajstić information content (AvgIpc) is 3.00. The third kappa shape index (κ3) is 8.75. The Morgan fingerprint density at radius 2 is 1.91 bits per heavy atom. The standard InChI is InChI=1S/C28H39ClF3N7O5/c1-2-19-17-38(26-24(29)35-23(25(33)36-26)27(42)34-7-12-40)10-11-39(19)20-5-8-37(9-6-20)16-18-3-4-21(44-28(30,31)32)15-22(18)43-14-13-41/h3-4,15,19-20,40-41H,2,5-14,16-17H2,1H3,(H2,33,36)(H,34,42)/t19-/m0/s1. The Kier molecular flexibility index (Phi) is 11.7. The van der Waals surface area contributed by atoms with Gasteiger partial charge < -0.3 is 35.6 Å². The van der Waals surface area contributed by atoms with Gasteiger partial charge in [0.05, 0.1) is 13.2 Å². The monoisotopic (exact) mass is 645 g/mol. The number of carbonyl (C=O) groups excluding carboxylic acids is 1. The fourth-order valence-electron chi connectivity index (χ4n) is 5.75. The van der Waals surface area contributed by atoms with Crippen molar-refractivity contribution in [2.45, 2.75) is 51.2 Å². The maximum Gasteiger partial charge on any atom is 0.573 e. The van der Waals surface area contributed by atoms with E-state index in [2.05, 4.69) is 36.7 Å². The molecule has 2 aliphatic rings. The molecule has 244 valence electrons. The van der Waals surface area contributed by atoms with Gasteiger partial charge in [-0.05, 0) is 38.4 Å². The number of amides is 1. The highest BCUT2D eigenvalue weighted by Crippen LogP contribution is 2.32. The number of nitrogens with two attached hydrogens (primary N) is 1. The van der Waals surface area contributed by atoms with Crippen molar-refractivity contribution in [1.82, 2.24) is 25.1 Å². The van der Waals surface area contributed by atoms with Crippen LogP contribution in [-0.4, -0.2) is 113 Å². The van der Waals surface area contributed by atoms with Crippen LogP contribution >= 0.6 is 11.6 Å². The van der Waals surface area contributed by atoms with Crippen LogP contribution in [0.3, 0.4) is 0 Å². The van der Waals surface area contributed by atoms with Gasteiger partial charge in [0.15, 0.2) is 22.5 Å². The Morgan fingerprint density at radius 3 is 2.57 bits per heavy atom. The number of alkyl halides is 3. The Morgan fingerprint density at radius 1 is 1.16 bits per heavy atom. The number of carbonyl (C=O) groups is 1. The zero-order valence-electron chi connectivity index (χ0n) is 24.5. The van der Waals surface area contributed by atoms with E-state index in [1.54, 1.807) is 6.07 Å². The fourth-order valence-corrected chi connectivity index (χ4v) is 5.99. The first-order chi connectivity index (χ1) is 21.0. The van der Waals surface area contributed by atoms with Crippen molar-refractivity contribution in [3.63, 3.8) is 0 Å². The highest BCUT2D eigenvalue weighted by Gasteiger charge is 2.35. The van der Waals surface area contributed by atoms with Gasteiger partial charge in [-0.25, -0.2) is 9.97 Å². The number of nitrogens with zero attached hydrogens (tertiary/aromatic N) is 5. The summed E-state index contributed by atoms with van der Waals surface area (Å²) in [4.78, 5) is 27.7. The minimum Gasteiger partial charge on any atom is -0.491 e. The number of likely N-dealkylation sites (tertiary alicyclic amines) is 1. The first-order valence-electron chi connectivity index (χ1n) is 14.6. The summed E-state index contributed by atoms with van der Waals surface area (Å²) in [5, 5.41) is 20.7. The molecule has 0 bridgehead atoms. The van der Waals surface area contributed by atoms with Gasteiger partial charge >= 0.3 is 6.36 Å². The second kappa shape index (κ2) is 15.3. The summed E-state index contributed by atoms with van der Waals surface area (Å²) in [6, 6.07) is 4.64. The lowest BCUT2D eigenvalue weighted by atomic mass is 9.97. The van der Waals surface area contributed by atoms with E-state index in [1.807, 2.05) is 4.90 Å². The van der Waals surface area contributed by atoms with E-state index in [9.17, 15) is 18.0 Å². The van der Waals surface area contributed by atoms with E-state index in [1.165, 1.54) is 12.1 Å². The molecule has 2 fully saturated rings. The number of rotatable bonds is 12. The van der Waals surface area contributed by atoms with Gasteiger partial charge in [-0.1, -0.05) is 24.6 Å². The summed E-state index contributed by atoms with van der Waals surface area (Å²) in [5.74, 6) is -0.267. The van der Waals surface area contributed by atoms with Crippen LogP contribution in [0, 0.1) is 0 Å². The molecular weight excluding hydrogens is 607 g/mol. The second-order valence-electron chi connectivity index (χ2n) is 10.7. The number of benzene rings is 1. The number of anilines is 2. The third-order valence-corrected chi connectivity index (χ3v) is 8.07. The van der Waals surface area contributed by atoms with Crippen molar-refractivity contribution in [3.8, 4) is 11.5 Å². The Labute approximate surface area is 258 Å². The first kappa shape index (κ1) is 33.8. The molecule has 5 N–H and O–H groups in total. The van der Waals surface area contributed by atoms with E-state index in [4.69, 9.17) is 32.3 Å². The van der Waals surface area contributed by atoms with E-state index in [0.29, 0.717) is 31.5 Å². The van der Waals surface area contributed by atoms with Crippen LogP contribution in [0.2, 0.25) is 5.15 Å². The predicted molar refractivity (Wildman–Crippen MR) is 158 cm³/mol. The zero-order valence-corrected chi connectivity index (χ0v) is 25.3. The van der Waals surface area contributed by atoms with Gasteiger partial charge in [-0.3, -0.25) is 14.6 Å². The van der Waals surface area contributed by atoms with E-state index < -0.39 is 12.3 Å². The van der Waals surface area contributed by atoms with Crippen LogP contribution in [0.1, 0.15) is 42.2 Å². The molecule has 12 nitrogen and oxygen atoms in total. The number of aliphatic hydroxyl groups is 2. The number of aliphatic hydroxyl groups excluding tert-OH is 2. The molecule has 16 heteroatoms. The molecule has 1 amide bonds.